The van der Waals surface area contributed by atoms with Crippen molar-refractivity contribution in [1.82, 2.24) is 4.90 Å². The van der Waals surface area contributed by atoms with E-state index in [0.717, 1.165) is 13.0 Å². The van der Waals surface area contributed by atoms with Crippen molar-refractivity contribution in [2.24, 2.45) is 5.92 Å². The van der Waals surface area contributed by atoms with Crippen LogP contribution >= 0.6 is 11.8 Å². The van der Waals surface area contributed by atoms with Gasteiger partial charge >= 0.3 is 6.61 Å². The van der Waals surface area contributed by atoms with Gasteiger partial charge in [0.05, 0.1) is 12.0 Å². The van der Waals surface area contributed by atoms with Crippen molar-refractivity contribution in [2.75, 3.05) is 26.5 Å². The third-order valence-corrected chi connectivity index (χ3v) is 3.40. The van der Waals surface area contributed by atoms with Crippen LogP contribution in [0.3, 0.4) is 0 Å². The van der Waals surface area contributed by atoms with Gasteiger partial charge in [0.25, 0.3) is 0 Å². The molecule has 13 heavy (non-hydrogen) atoms. The Morgan fingerprint density at radius 3 is 2.77 bits per heavy atom. The summed E-state index contributed by atoms with van der Waals surface area (Å²) in [6, 6.07) is 0. The molecular weight excluding hydrogens is 196 g/mol. The molecule has 0 aliphatic carbocycles. The quantitative estimate of drug-likeness (QED) is 0.704. The van der Waals surface area contributed by atoms with Crippen molar-refractivity contribution in [3.63, 3.8) is 0 Å². The lowest BCUT2D eigenvalue weighted by Crippen LogP contribution is -2.22. The molecule has 1 aliphatic rings. The van der Waals surface area contributed by atoms with Gasteiger partial charge < -0.3 is 4.74 Å². The topological polar surface area (TPSA) is 12.5 Å². The van der Waals surface area contributed by atoms with Crippen LogP contribution in [0.25, 0.3) is 0 Å². The van der Waals surface area contributed by atoms with Crippen LogP contribution in [0.5, 0.6) is 0 Å². The number of rotatable bonds is 4. The second kappa shape index (κ2) is 5.12. The number of alkyl halides is 2. The first-order valence-corrected chi connectivity index (χ1v) is 5.55. The van der Waals surface area contributed by atoms with Gasteiger partial charge in [-0.25, -0.2) is 0 Å². The molecule has 1 saturated heterocycles. The van der Waals surface area contributed by atoms with Gasteiger partial charge in [0.15, 0.2) is 0 Å². The van der Waals surface area contributed by atoms with Gasteiger partial charge in [-0.05, 0) is 25.6 Å². The molecule has 0 spiro atoms. The molecule has 0 saturated carbocycles. The Labute approximate surface area is 81.6 Å². The summed E-state index contributed by atoms with van der Waals surface area (Å²) in [4.78, 5) is 2.18. The number of ether oxygens (including phenoxy) is 1. The molecule has 2 nitrogen and oxygen atoms in total. The summed E-state index contributed by atoms with van der Waals surface area (Å²) >= 11 is 1.76. The van der Waals surface area contributed by atoms with E-state index in [1.807, 2.05) is 13.3 Å². The summed E-state index contributed by atoms with van der Waals surface area (Å²) in [6.07, 6.45) is 2.99. The molecule has 1 fully saturated rings. The van der Waals surface area contributed by atoms with E-state index in [4.69, 9.17) is 0 Å². The van der Waals surface area contributed by atoms with E-state index in [9.17, 15) is 8.78 Å². The zero-order valence-corrected chi connectivity index (χ0v) is 8.69. The lowest BCUT2D eigenvalue weighted by Gasteiger charge is -2.15. The number of hydrogen-bond donors (Lipinski definition) is 0. The summed E-state index contributed by atoms with van der Waals surface area (Å²) in [5.41, 5.74) is 0. The van der Waals surface area contributed by atoms with Crippen LogP contribution in [0.1, 0.15) is 6.42 Å². The second-order valence-corrected chi connectivity index (χ2v) is 4.34. The predicted octanol–water partition coefficient (Wildman–Crippen LogP) is 1.87. The largest absolute Gasteiger partial charge is 0.345 e. The highest BCUT2D eigenvalue weighted by Gasteiger charge is 2.29. The van der Waals surface area contributed by atoms with Gasteiger partial charge in [0.1, 0.15) is 0 Å². The smallest absolute Gasteiger partial charge is 0.323 e. The maximum Gasteiger partial charge on any atom is 0.345 e. The standard InChI is InChI=1S/C8H15F2NOS/c1-11-4-6(3-7(11)13-2)5-12-8(9)10/h6-8H,3-5H2,1-2H3. The first-order valence-electron chi connectivity index (χ1n) is 4.26. The first kappa shape index (κ1) is 11.2. The van der Waals surface area contributed by atoms with Crippen LogP contribution in [0, 0.1) is 5.92 Å². The van der Waals surface area contributed by atoms with Crippen LogP contribution in [0.15, 0.2) is 0 Å². The van der Waals surface area contributed by atoms with E-state index in [1.54, 1.807) is 11.8 Å². The average Bonchev–Trinajstić information content (AvgIpc) is 2.43. The van der Waals surface area contributed by atoms with E-state index in [1.165, 1.54) is 0 Å². The zero-order chi connectivity index (χ0) is 9.84. The fraction of sp³-hybridized carbons (Fsp3) is 1.00. The Morgan fingerprint density at radius 2 is 2.31 bits per heavy atom. The second-order valence-electron chi connectivity index (χ2n) is 3.33. The molecule has 1 aliphatic heterocycles. The number of likely N-dealkylation sites (tertiary alicyclic amines) is 1. The highest BCUT2D eigenvalue weighted by molar-refractivity contribution is 7.99. The van der Waals surface area contributed by atoms with Crippen molar-refractivity contribution in [2.45, 2.75) is 18.4 Å². The summed E-state index contributed by atoms with van der Waals surface area (Å²) in [6.45, 7) is -1.59. The van der Waals surface area contributed by atoms with Gasteiger partial charge in [-0.1, -0.05) is 0 Å². The van der Waals surface area contributed by atoms with Gasteiger partial charge in [0.2, 0.25) is 0 Å². The summed E-state index contributed by atoms with van der Waals surface area (Å²) in [5, 5.41) is 0.464. The van der Waals surface area contributed by atoms with Gasteiger partial charge in [0, 0.05) is 6.54 Å². The molecule has 78 valence electrons. The zero-order valence-electron chi connectivity index (χ0n) is 7.87. The molecule has 0 bridgehead atoms. The van der Waals surface area contributed by atoms with Crippen LogP contribution in [0.4, 0.5) is 8.78 Å². The number of thioether (sulfide) groups is 1. The summed E-state index contributed by atoms with van der Waals surface area (Å²) in [5.74, 6) is 0.261. The Balaban J connectivity index is 2.23. The minimum Gasteiger partial charge on any atom is -0.323 e. The van der Waals surface area contributed by atoms with Gasteiger partial charge in [-0.2, -0.15) is 8.78 Å². The molecule has 1 heterocycles. The van der Waals surface area contributed by atoms with Gasteiger partial charge in [-0.3, -0.25) is 4.90 Å². The highest BCUT2D eigenvalue weighted by atomic mass is 32.2. The third kappa shape index (κ3) is 3.40. The van der Waals surface area contributed by atoms with Crippen molar-refractivity contribution in [1.29, 1.82) is 0 Å². The molecule has 1 rings (SSSR count). The Kier molecular flexibility index (Phi) is 4.41. The van der Waals surface area contributed by atoms with E-state index >= 15 is 0 Å². The maximum atomic E-state index is 11.7. The summed E-state index contributed by atoms with van der Waals surface area (Å²) in [7, 11) is 2.02. The van der Waals surface area contributed by atoms with E-state index in [2.05, 4.69) is 9.64 Å². The molecular formula is C8H15F2NOS. The Hall–Kier alpha value is 0.130. The van der Waals surface area contributed by atoms with Crippen molar-refractivity contribution in [3.05, 3.63) is 0 Å². The lowest BCUT2D eigenvalue weighted by molar-refractivity contribution is -0.137. The van der Waals surface area contributed by atoms with Crippen molar-refractivity contribution in [3.8, 4) is 0 Å². The fourth-order valence-electron chi connectivity index (χ4n) is 1.67. The van der Waals surface area contributed by atoms with Crippen LogP contribution in [-0.2, 0) is 4.74 Å². The van der Waals surface area contributed by atoms with E-state index < -0.39 is 6.61 Å². The Morgan fingerprint density at radius 1 is 1.62 bits per heavy atom. The molecule has 0 N–H and O–H groups in total. The molecule has 2 unspecified atom stereocenters. The molecule has 0 amide bonds. The molecule has 0 aromatic rings. The number of halogens is 2. The average molecular weight is 211 g/mol. The number of nitrogens with zero attached hydrogens (tertiary/aromatic N) is 1. The summed E-state index contributed by atoms with van der Waals surface area (Å²) < 4.78 is 27.7. The molecule has 0 radical (unpaired) electrons. The SMILES string of the molecule is CSC1CC(COC(F)F)CN1C. The van der Waals surface area contributed by atoms with Gasteiger partial charge in [-0.15, -0.1) is 11.8 Å². The monoisotopic (exact) mass is 211 g/mol. The molecule has 0 aromatic heterocycles. The lowest BCUT2D eigenvalue weighted by atomic mass is 10.1. The first-order chi connectivity index (χ1) is 6.13. The maximum absolute atomic E-state index is 11.7. The normalized spacial score (nSPS) is 30.2. The third-order valence-electron chi connectivity index (χ3n) is 2.30. The molecule has 0 aromatic carbocycles. The fourth-order valence-corrected chi connectivity index (χ4v) is 2.58. The van der Waals surface area contributed by atoms with Crippen LogP contribution in [0.2, 0.25) is 0 Å². The van der Waals surface area contributed by atoms with E-state index in [0.29, 0.717) is 5.37 Å². The van der Waals surface area contributed by atoms with Crippen molar-refractivity contribution >= 4 is 11.8 Å². The number of hydrogen-bond acceptors (Lipinski definition) is 3. The van der Waals surface area contributed by atoms with Crippen molar-refractivity contribution < 1.29 is 13.5 Å². The Bertz CT molecular complexity index is 159. The minimum atomic E-state index is -2.63. The molecule has 2 atom stereocenters. The predicted molar refractivity (Wildman–Crippen MR) is 50.0 cm³/mol. The van der Waals surface area contributed by atoms with E-state index in [-0.39, 0.29) is 12.5 Å². The molecule has 5 heteroatoms. The minimum absolute atomic E-state index is 0.180. The van der Waals surface area contributed by atoms with Crippen LogP contribution in [-0.4, -0.2) is 43.3 Å². The highest BCUT2D eigenvalue weighted by Crippen LogP contribution is 2.28. The van der Waals surface area contributed by atoms with Crippen LogP contribution < -0.4 is 0 Å².